The number of rotatable bonds is 7. The molecule has 3 saturated heterocycles. The van der Waals surface area contributed by atoms with E-state index in [1.54, 1.807) is 12.3 Å². The van der Waals surface area contributed by atoms with E-state index in [9.17, 15) is 14.7 Å². The zero-order valence-corrected chi connectivity index (χ0v) is 19.5. The number of nitrogens with zero attached hydrogens (tertiary/aromatic N) is 3. The standard InChI is InChI=1S/C24H30N4O4S/c29-22(27-21-5-9-25-16-26-21)14-28-10-6-17(7-11-28)20(13-28)32-23(30)24(31,18-3-1-2-4-18)19-8-12-33-15-19/h5,8-9,12,15-18,20,31H,1-4,6-7,10-11,13-14H2/p+1/t17?,20-,24?,28?/m0/s1. The lowest BCUT2D eigenvalue weighted by Gasteiger charge is -2.51. The molecule has 2 atom stereocenters. The number of thiophene rings is 1. The topological polar surface area (TPSA) is 101 Å². The number of hydrogen-bond acceptors (Lipinski definition) is 7. The van der Waals surface area contributed by atoms with Crippen molar-refractivity contribution in [2.75, 3.05) is 31.5 Å². The average molecular weight is 472 g/mol. The monoisotopic (exact) mass is 471 g/mol. The Bertz CT molecular complexity index is 972. The molecule has 5 heterocycles. The zero-order valence-electron chi connectivity index (χ0n) is 18.7. The molecular formula is C24H31N4O4S+. The van der Waals surface area contributed by atoms with Crippen LogP contribution in [0.2, 0.25) is 0 Å². The fourth-order valence-electron chi connectivity index (χ4n) is 6.00. The summed E-state index contributed by atoms with van der Waals surface area (Å²) >= 11 is 1.48. The van der Waals surface area contributed by atoms with Crippen molar-refractivity contribution < 1.29 is 23.9 Å². The van der Waals surface area contributed by atoms with Gasteiger partial charge in [0.15, 0.2) is 18.2 Å². The summed E-state index contributed by atoms with van der Waals surface area (Å²) in [4.78, 5) is 34.2. The first-order valence-corrected chi connectivity index (χ1v) is 12.8. The number of aliphatic hydroxyl groups is 1. The van der Waals surface area contributed by atoms with E-state index in [-0.39, 0.29) is 23.8 Å². The van der Waals surface area contributed by atoms with Crippen LogP contribution in [0.1, 0.15) is 44.1 Å². The lowest BCUT2D eigenvalue weighted by atomic mass is 9.80. The van der Waals surface area contributed by atoms with Crippen LogP contribution in [0.25, 0.3) is 0 Å². The number of anilines is 1. The molecule has 1 unspecified atom stereocenters. The normalized spacial score (nSPS) is 28.9. The quantitative estimate of drug-likeness (QED) is 0.476. The SMILES string of the molecule is O=C(C[N+]12CCC(CC1)[C@@H](OC(=O)C(O)(c1ccsc1)C1CCCC1)C2)Nc1ccncn1. The number of quaternary nitrogens is 1. The van der Waals surface area contributed by atoms with Gasteiger partial charge in [0.2, 0.25) is 0 Å². The van der Waals surface area contributed by atoms with Gasteiger partial charge in [-0.2, -0.15) is 11.3 Å². The van der Waals surface area contributed by atoms with Crippen LogP contribution >= 0.6 is 11.3 Å². The second-order valence-electron chi connectivity index (χ2n) is 9.81. The van der Waals surface area contributed by atoms with E-state index in [0.717, 1.165) is 51.6 Å². The molecule has 1 aliphatic carbocycles. The van der Waals surface area contributed by atoms with Gasteiger partial charge in [0, 0.05) is 36.4 Å². The molecule has 0 aromatic carbocycles. The van der Waals surface area contributed by atoms with Crippen LogP contribution in [-0.2, 0) is 19.9 Å². The molecule has 4 fully saturated rings. The van der Waals surface area contributed by atoms with Gasteiger partial charge in [0.1, 0.15) is 18.7 Å². The molecule has 2 aromatic heterocycles. The molecule has 3 aliphatic heterocycles. The van der Waals surface area contributed by atoms with Crippen LogP contribution in [0.4, 0.5) is 5.82 Å². The lowest BCUT2D eigenvalue weighted by Crippen LogP contribution is -2.66. The average Bonchev–Trinajstić information content (AvgIpc) is 3.54. The second kappa shape index (κ2) is 9.12. The number of nitrogens with one attached hydrogen (secondary N) is 1. The Morgan fingerprint density at radius 1 is 1.21 bits per heavy atom. The Kier molecular flexibility index (Phi) is 6.20. The van der Waals surface area contributed by atoms with Gasteiger partial charge in [-0.15, -0.1) is 0 Å². The summed E-state index contributed by atoms with van der Waals surface area (Å²) in [5, 5.41) is 18.3. The second-order valence-corrected chi connectivity index (χ2v) is 10.6. The Morgan fingerprint density at radius 3 is 2.67 bits per heavy atom. The molecule has 9 heteroatoms. The van der Waals surface area contributed by atoms with Crippen LogP contribution in [0.5, 0.6) is 0 Å². The minimum absolute atomic E-state index is 0.0974. The third-order valence-electron chi connectivity index (χ3n) is 7.85. The van der Waals surface area contributed by atoms with E-state index in [1.165, 1.54) is 17.7 Å². The maximum Gasteiger partial charge on any atom is 0.343 e. The molecule has 6 rings (SSSR count). The number of piperidine rings is 3. The van der Waals surface area contributed by atoms with Crippen molar-refractivity contribution in [1.29, 1.82) is 0 Å². The lowest BCUT2D eigenvalue weighted by molar-refractivity contribution is -0.939. The highest BCUT2D eigenvalue weighted by Gasteiger charge is 2.53. The number of aromatic nitrogens is 2. The van der Waals surface area contributed by atoms with E-state index in [1.807, 2.05) is 16.8 Å². The number of esters is 1. The summed E-state index contributed by atoms with van der Waals surface area (Å²) in [5.41, 5.74) is -0.934. The predicted molar refractivity (Wildman–Crippen MR) is 123 cm³/mol. The number of amides is 1. The largest absolute Gasteiger partial charge is 0.454 e. The van der Waals surface area contributed by atoms with Crippen molar-refractivity contribution in [2.24, 2.45) is 11.8 Å². The van der Waals surface area contributed by atoms with E-state index >= 15 is 0 Å². The van der Waals surface area contributed by atoms with E-state index in [0.29, 0.717) is 29.0 Å². The molecule has 0 radical (unpaired) electrons. The summed E-state index contributed by atoms with van der Waals surface area (Å²) in [6.45, 7) is 2.72. The van der Waals surface area contributed by atoms with Crippen LogP contribution in [0.3, 0.4) is 0 Å². The molecule has 0 spiro atoms. The van der Waals surface area contributed by atoms with Crippen LogP contribution in [0.15, 0.2) is 35.4 Å². The van der Waals surface area contributed by atoms with Crippen LogP contribution in [-0.4, -0.2) is 63.7 Å². The summed E-state index contributed by atoms with van der Waals surface area (Å²) in [6, 6.07) is 3.51. The van der Waals surface area contributed by atoms with Gasteiger partial charge in [0.25, 0.3) is 5.91 Å². The van der Waals surface area contributed by atoms with Gasteiger partial charge in [-0.1, -0.05) is 12.8 Å². The van der Waals surface area contributed by atoms with E-state index in [2.05, 4.69) is 15.3 Å². The van der Waals surface area contributed by atoms with Crippen molar-refractivity contribution in [1.82, 2.24) is 9.97 Å². The third-order valence-corrected chi connectivity index (χ3v) is 8.53. The highest BCUT2D eigenvalue weighted by molar-refractivity contribution is 7.08. The summed E-state index contributed by atoms with van der Waals surface area (Å²) in [6.07, 6.45) is 8.27. The Labute approximate surface area is 197 Å². The molecular weight excluding hydrogens is 440 g/mol. The minimum atomic E-state index is -1.59. The number of carbonyl (C=O) groups is 2. The van der Waals surface area contributed by atoms with Crippen molar-refractivity contribution >= 4 is 29.0 Å². The van der Waals surface area contributed by atoms with Gasteiger partial charge >= 0.3 is 5.97 Å². The van der Waals surface area contributed by atoms with Gasteiger partial charge in [-0.05, 0) is 35.7 Å². The first-order valence-electron chi connectivity index (χ1n) is 11.9. The highest BCUT2D eigenvalue weighted by Crippen LogP contribution is 2.43. The fraction of sp³-hybridized carbons (Fsp3) is 0.583. The van der Waals surface area contributed by atoms with Crippen molar-refractivity contribution in [3.63, 3.8) is 0 Å². The van der Waals surface area contributed by atoms with Crippen molar-refractivity contribution in [3.8, 4) is 0 Å². The fourth-order valence-corrected chi connectivity index (χ4v) is 6.71. The summed E-state index contributed by atoms with van der Waals surface area (Å²) in [7, 11) is 0. The third kappa shape index (κ3) is 4.41. The number of hydrogen-bond donors (Lipinski definition) is 2. The van der Waals surface area contributed by atoms with Gasteiger partial charge in [-0.3, -0.25) is 4.79 Å². The summed E-state index contributed by atoms with van der Waals surface area (Å²) in [5.74, 6) is 0.0482. The minimum Gasteiger partial charge on any atom is -0.454 e. The maximum absolute atomic E-state index is 13.5. The van der Waals surface area contributed by atoms with Gasteiger partial charge in [0.05, 0.1) is 13.1 Å². The zero-order chi connectivity index (χ0) is 22.9. The molecule has 1 saturated carbocycles. The molecule has 4 aliphatic rings. The summed E-state index contributed by atoms with van der Waals surface area (Å²) < 4.78 is 6.70. The Balaban J connectivity index is 1.28. The molecule has 2 bridgehead atoms. The predicted octanol–water partition coefficient (Wildman–Crippen LogP) is 2.71. The Morgan fingerprint density at radius 2 is 2.00 bits per heavy atom. The van der Waals surface area contributed by atoms with Crippen LogP contribution in [0, 0.1) is 11.8 Å². The Hall–Kier alpha value is -2.36. The van der Waals surface area contributed by atoms with Gasteiger partial charge < -0.3 is 19.6 Å². The maximum atomic E-state index is 13.5. The van der Waals surface area contributed by atoms with Crippen molar-refractivity contribution in [3.05, 3.63) is 41.0 Å². The van der Waals surface area contributed by atoms with E-state index in [4.69, 9.17) is 4.74 Å². The number of fused-ring (bicyclic) bond motifs is 3. The molecule has 176 valence electrons. The first kappa shape index (κ1) is 22.4. The molecule has 2 aromatic rings. The van der Waals surface area contributed by atoms with Crippen LogP contribution < -0.4 is 5.32 Å². The molecule has 33 heavy (non-hydrogen) atoms. The molecule has 8 nitrogen and oxygen atoms in total. The first-order chi connectivity index (χ1) is 16.0. The number of ether oxygens (including phenoxy) is 1. The van der Waals surface area contributed by atoms with Crippen molar-refractivity contribution in [2.45, 2.75) is 50.2 Å². The molecule has 1 amide bonds. The van der Waals surface area contributed by atoms with E-state index < -0.39 is 11.6 Å². The molecule has 2 N–H and O–H groups in total. The number of carbonyl (C=O) groups excluding carboxylic acids is 2. The van der Waals surface area contributed by atoms with Gasteiger partial charge in [-0.25, -0.2) is 14.8 Å². The highest BCUT2D eigenvalue weighted by atomic mass is 32.1. The smallest absolute Gasteiger partial charge is 0.343 e.